The first-order valence-electron chi connectivity index (χ1n) is 6.01. The number of carbonyl (C=O) groups excluding carboxylic acids is 2. The van der Waals surface area contributed by atoms with Crippen molar-refractivity contribution in [1.29, 1.82) is 0 Å². The zero-order valence-electron chi connectivity index (χ0n) is 11.4. The lowest BCUT2D eigenvalue weighted by Crippen LogP contribution is -2.17. The second kappa shape index (κ2) is 9.11. The number of nitrogens with one attached hydrogen (secondary N) is 1. The number of nitro benzene ring substituents is 1. The van der Waals surface area contributed by atoms with E-state index in [1.807, 2.05) is 0 Å². The highest BCUT2D eigenvalue weighted by Crippen LogP contribution is 2.35. The van der Waals surface area contributed by atoms with Gasteiger partial charge in [0, 0.05) is 15.0 Å². The molecule has 1 aromatic rings. The van der Waals surface area contributed by atoms with Gasteiger partial charge in [0.25, 0.3) is 5.69 Å². The number of carbonyl (C=O) groups is 2. The van der Waals surface area contributed by atoms with Gasteiger partial charge in [-0.3, -0.25) is 19.7 Å². The first-order chi connectivity index (χ1) is 10.3. The van der Waals surface area contributed by atoms with Gasteiger partial charge in [-0.1, -0.05) is 15.9 Å². The van der Waals surface area contributed by atoms with Crippen LogP contribution < -0.4 is 5.32 Å². The van der Waals surface area contributed by atoms with Gasteiger partial charge in [-0.05, 0) is 28.9 Å². The predicted octanol–water partition coefficient (Wildman–Crippen LogP) is 3.35. The lowest BCUT2D eigenvalue weighted by atomic mass is 10.2. The third kappa shape index (κ3) is 5.93. The van der Waals surface area contributed by atoms with Crippen LogP contribution in [0.3, 0.4) is 0 Å². The lowest BCUT2D eigenvalue weighted by molar-refractivity contribution is -0.384. The molecule has 7 nitrogen and oxygen atoms in total. The summed E-state index contributed by atoms with van der Waals surface area (Å²) < 4.78 is 5.63. The third-order valence-corrected chi connectivity index (χ3v) is 4.24. The molecule has 0 radical (unpaired) electrons. The molecule has 1 amide bonds. The van der Waals surface area contributed by atoms with E-state index < -0.39 is 16.8 Å². The van der Waals surface area contributed by atoms with Crippen LogP contribution in [0.25, 0.3) is 0 Å². The smallest absolute Gasteiger partial charge is 0.315 e. The molecule has 10 heteroatoms. The molecule has 0 heterocycles. The second-order valence-electron chi connectivity index (χ2n) is 3.88. The zero-order valence-corrected chi connectivity index (χ0v) is 15.4. The van der Waals surface area contributed by atoms with E-state index in [9.17, 15) is 19.7 Å². The highest BCUT2D eigenvalue weighted by Gasteiger charge is 2.20. The van der Waals surface area contributed by atoms with E-state index in [4.69, 9.17) is 4.74 Å². The van der Waals surface area contributed by atoms with Crippen molar-refractivity contribution in [2.75, 3.05) is 23.4 Å². The Kier molecular flexibility index (Phi) is 7.83. The largest absolute Gasteiger partial charge is 0.465 e. The Morgan fingerprint density at radius 2 is 2.05 bits per heavy atom. The molecule has 0 aliphatic heterocycles. The van der Waals surface area contributed by atoms with Crippen LogP contribution in [0.2, 0.25) is 0 Å². The number of esters is 1. The number of anilines is 1. The summed E-state index contributed by atoms with van der Waals surface area (Å²) in [5.41, 5.74) is -0.153. The fourth-order valence-corrected chi connectivity index (χ4v) is 3.34. The molecule has 120 valence electrons. The standard InChI is InChI=1S/C12H12Br2N2O5S/c1-2-21-11(18)6-22-5-10(17)15-12-8(14)3-7(13)4-9(12)16(19)20/h3-4H,2,5-6H2,1H3,(H,15,17). The average Bonchev–Trinajstić information content (AvgIpc) is 2.41. The van der Waals surface area contributed by atoms with E-state index in [-0.39, 0.29) is 29.5 Å². The van der Waals surface area contributed by atoms with Crippen molar-refractivity contribution >= 4 is 66.9 Å². The van der Waals surface area contributed by atoms with Gasteiger partial charge in [0.05, 0.1) is 23.0 Å². The maximum absolute atomic E-state index is 11.8. The number of nitrogens with zero attached hydrogens (tertiary/aromatic N) is 1. The Balaban J connectivity index is 2.68. The number of thioether (sulfide) groups is 1. The molecule has 0 aromatic heterocycles. The molecule has 22 heavy (non-hydrogen) atoms. The topological polar surface area (TPSA) is 98.5 Å². The van der Waals surface area contributed by atoms with E-state index in [1.54, 1.807) is 13.0 Å². The lowest BCUT2D eigenvalue weighted by Gasteiger charge is -2.08. The van der Waals surface area contributed by atoms with Gasteiger partial charge in [0.2, 0.25) is 5.91 Å². The third-order valence-electron chi connectivity index (χ3n) is 2.25. The fourth-order valence-electron chi connectivity index (χ4n) is 1.43. The maximum Gasteiger partial charge on any atom is 0.315 e. The molecule has 0 aliphatic carbocycles. The molecule has 0 saturated carbocycles. The van der Waals surface area contributed by atoms with Crippen LogP contribution in [0.1, 0.15) is 6.92 Å². The zero-order chi connectivity index (χ0) is 16.7. The number of hydrogen-bond donors (Lipinski definition) is 1. The van der Waals surface area contributed by atoms with E-state index in [1.165, 1.54) is 6.07 Å². The van der Waals surface area contributed by atoms with Crippen LogP contribution in [0.5, 0.6) is 0 Å². The molecule has 0 fully saturated rings. The van der Waals surface area contributed by atoms with Gasteiger partial charge in [-0.15, -0.1) is 11.8 Å². The predicted molar refractivity (Wildman–Crippen MR) is 91.1 cm³/mol. The van der Waals surface area contributed by atoms with Crippen molar-refractivity contribution in [1.82, 2.24) is 0 Å². The van der Waals surface area contributed by atoms with Crippen molar-refractivity contribution in [3.63, 3.8) is 0 Å². The molecular formula is C12H12Br2N2O5S. The van der Waals surface area contributed by atoms with Crippen LogP contribution >= 0.6 is 43.6 Å². The summed E-state index contributed by atoms with van der Waals surface area (Å²) in [6.07, 6.45) is 0. The van der Waals surface area contributed by atoms with E-state index >= 15 is 0 Å². The summed E-state index contributed by atoms with van der Waals surface area (Å²) in [7, 11) is 0. The quantitative estimate of drug-likeness (QED) is 0.384. The van der Waals surface area contributed by atoms with Crippen LogP contribution in [0, 0.1) is 10.1 Å². The van der Waals surface area contributed by atoms with Crippen molar-refractivity contribution in [2.45, 2.75) is 6.92 Å². The first kappa shape index (κ1) is 18.9. The Morgan fingerprint density at radius 1 is 1.36 bits per heavy atom. The first-order valence-corrected chi connectivity index (χ1v) is 8.75. The highest BCUT2D eigenvalue weighted by atomic mass is 79.9. The summed E-state index contributed by atoms with van der Waals surface area (Å²) in [6, 6.07) is 2.89. The van der Waals surface area contributed by atoms with Gasteiger partial charge in [0.1, 0.15) is 5.69 Å². The van der Waals surface area contributed by atoms with Gasteiger partial charge in [-0.2, -0.15) is 0 Å². The minimum atomic E-state index is -0.586. The summed E-state index contributed by atoms with van der Waals surface area (Å²) >= 11 is 7.40. The Bertz CT molecular complexity index is 597. The molecule has 1 aromatic carbocycles. The maximum atomic E-state index is 11.8. The second-order valence-corrected chi connectivity index (χ2v) is 6.64. The summed E-state index contributed by atoms with van der Waals surface area (Å²) in [5, 5.41) is 13.5. The van der Waals surface area contributed by atoms with Gasteiger partial charge in [-0.25, -0.2) is 0 Å². The number of hydrogen-bond acceptors (Lipinski definition) is 6. The summed E-state index contributed by atoms with van der Waals surface area (Å²) in [6.45, 7) is 1.98. The number of ether oxygens (including phenoxy) is 1. The SMILES string of the molecule is CCOC(=O)CSCC(=O)Nc1c(Br)cc(Br)cc1[N+](=O)[O-]. The highest BCUT2D eigenvalue weighted by molar-refractivity contribution is 9.11. The summed E-state index contributed by atoms with van der Waals surface area (Å²) in [5.74, 6) is -0.819. The van der Waals surface area contributed by atoms with Gasteiger partial charge < -0.3 is 10.1 Å². The Labute approximate surface area is 147 Å². The minimum Gasteiger partial charge on any atom is -0.465 e. The van der Waals surface area contributed by atoms with Crippen LogP contribution in [0.4, 0.5) is 11.4 Å². The van der Waals surface area contributed by atoms with Crippen molar-refractivity contribution < 1.29 is 19.2 Å². The molecule has 0 unspecified atom stereocenters. The molecule has 0 atom stereocenters. The van der Waals surface area contributed by atoms with Crippen molar-refractivity contribution in [3.05, 3.63) is 31.2 Å². The number of halogens is 2. The molecule has 0 saturated heterocycles. The monoisotopic (exact) mass is 454 g/mol. The fraction of sp³-hybridized carbons (Fsp3) is 0.333. The molecule has 0 bridgehead atoms. The molecule has 1 rings (SSSR count). The number of benzene rings is 1. The molecule has 0 spiro atoms. The van der Waals surface area contributed by atoms with E-state index in [0.29, 0.717) is 8.95 Å². The number of amides is 1. The van der Waals surface area contributed by atoms with Gasteiger partial charge >= 0.3 is 5.97 Å². The molecule has 0 aliphatic rings. The number of nitro groups is 1. The van der Waals surface area contributed by atoms with Crippen molar-refractivity contribution in [3.8, 4) is 0 Å². The minimum absolute atomic E-state index is 0.0154. The average molecular weight is 456 g/mol. The van der Waals surface area contributed by atoms with Crippen LogP contribution in [-0.2, 0) is 14.3 Å². The Morgan fingerprint density at radius 3 is 2.64 bits per heavy atom. The Hall–Kier alpha value is -1.13. The van der Waals surface area contributed by atoms with E-state index in [0.717, 1.165) is 11.8 Å². The molecular weight excluding hydrogens is 444 g/mol. The summed E-state index contributed by atoms with van der Waals surface area (Å²) in [4.78, 5) is 33.4. The van der Waals surface area contributed by atoms with E-state index in [2.05, 4.69) is 37.2 Å². The van der Waals surface area contributed by atoms with Crippen LogP contribution in [0.15, 0.2) is 21.1 Å². The normalized spacial score (nSPS) is 10.1. The molecule has 1 N–H and O–H groups in total. The van der Waals surface area contributed by atoms with Crippen molar-refractivity contribution in [2.24, 2.45) is 0 Å². The van der Waals surface area contributed by atoms with Gasteiger partial charge in [0.15, 0.2) is 0 Å². The van der Waals surface area contributed by atoms with Crippen LogP contribution in [-0.4, -0.2) is 34.9 Å². The number of rotatable bonds is 7.